The zero-order chi connectivity index (χ0) is 52.1. The number of aliphatic hydroxyl groups excluding tert-OH is 2. The number of hydrogen-bond acceptors (Lipinski definition) is 13. The maximum atomic E-state index is 14.5. The average molecular weight is 1010 g/mol. The first-order valence-corrected chi connectivity index (χ1v) is 27.7. The number of cyclic esters (lactones) is 1. The van der Waals surface area contributed by atoms with Crippen LogP contribution in [0.25, 0.3) is 0 Å². The number of nitrogens with zero attached hydrogens (tertiary/aromatic N) is 1. The number of carbonyl (C=O) groups is 4. The van der Waals surface area contributed by atoms with Crippen LogP contribution in [0.4, 0.5) is 0 Å². The number of amides is 1. The van der Waals surface area contributed by atoms with Gasteiger partial charge in [0.15, 0.2) is 5.78 Å². The molecule has 1 amide bonds. The first-order chi connectivity index (χ1) is 32.9. The molecule has 1 saturated carbocycles. The summed E-state index contributed by atoms with van der Waals surface area (Å²) in [6, 6.07) is -1.86. The molecule has 0 radical (unpaired) electrons. The van der Waals surface area contributed by atoms with E-state index in [1.807, 2.05) is 65.8 Å². The average Bonchev–Trinajstić information content (AvgIpc) is 3.30. The van der Waals surface area contributed by atoms with Gasteiger partial charge in [0.05, 0.1) is 24.1 Å². The number of Topliss-reactive ketones (excluding diaryl/α,β-unsaturated/α-hetero) is 2. The van der Waals surface area contributed by atoms with Gasteiger partial charge in [0.2, 0.25) is 15.8 Å². The van der Waals surface area contributed by atoms with E-state index in [0.717, 1.165) is 6.42 Å². The number of carbonyl (C=O) groups excluding carboxylic acids is 4. The second-order valence-electron chi connectivity index (χ2n) is 21.8. The van der Waals surface area contributed by atoms with Crippen molar-refractivity contribution in [3.05, 3.63) is 47.6 Å². The van der Waals surface area contributed by atoms with E-state index in [4.69, 9.17) is 18.9 Å². The van der Waals surface area contributed by atoms with Crippen LogP contribution in [0.15, 0.2) is 47.6 Å². The van der Waals surface area contributed by atoms with Crippen molar-refractivity contribution in [2.45, 2.75) is 200 Å². The third kappa shape index (κ3) is 16.7. The van der Waals surface area contributed by atoms with Crippen LogP contribution in [0.2, 0.25) is 0 Å². The molecule has 4 rings (SSSR count). The van der Waals surface area contributed by atoms with Crippen molar-refractivity contribution in [2.75, 3.05) is 26.5 Å². The normalized spacial score (nSPS) is 38.7. The lowest BCUT2D eigenvalue weighted by Crippen LogP contribution is -2.61. The van der Waals surface area contributed by atoms with Crippen molar-refractivity contribution < 1.29 is 61.9 Å². The summed E-state index contributed by atoms with van der Waals surface area (Å²) in [6.45, 7) is 16.8. The van der Waals surface area contributed by atoms with E-state index in [1.54, 1.807) is 40.0 Å². The summed E-state index contributed by atoms with van der Waals surface area (Å²) in [4.78, 5) is 58.3. The van der Waals surface area contributed by atoms with E-state index in [0.29, 0.717) is 75.4 Å². The van der Waals surface area contributed by atoms with Crippen LogP contribution in [-0.4, -0.2) is 133 Å². The standard InChI is InChI=1S/C54H88N2O13S/c1-33(2)32-70(64,65)55-43-31-42-23-21-40(9)54(63,69-42)51(60)52(61)56-26-16-15-19-44(56)53(62)68-46(37(6)29-41-22-24-45(57)47(30-41)66-10)25-20-35(4)28-39(8)49(59)50(67-11)48(58)38(7)27-34(3)17-13-12-14-18-36(43)5/h12-14,17-18,28,33-35,37-38,40-47,49-50,55,57,59,63H,15-16,19-27,29-32H2,1-11H3/b14-12+,17-13+,36-18+,39-28+/t34-,35+,37-,38-,40-,41+,42+,43-,44+,45-,46+,47-,49-,50+,54-/m1/s1. The number of piperidine rings is 1. The molecule has 398 valence electrons. The maximum absolute atomic E-state index is 14.5. The molecule has 0 spiro atoms. The lowest BCUT2D eigenvalue weighted by Gasteiger charge is -2.43. The minimum absolute atomic E-state index is 0.0119. The van der Waals surface area contributed by atoms with Crippen LogP contribution in [0.5, 0.6) is 0 Å². The Morgan fingerprint density at radius 3 is 2.23 bits per heavy atom. The Balaban J connectivity index is 1.73. The molecule has 15 nitrogen and oxygen atoms in total. The first kappa shape index (κ1) is 59.5. The Bertz CT molecular complexity index is 1980. The molecule has 2 bridgehead atoms. The molecule has 3 heterocycles. The van der Waals surface area contributed by atoms with Crippen LogP contribution in [0.3, 0.4) is 0 Å². The zero-order valence-electron chi connectivity index (χ0n) is 44.0. The largest absolute Gasteiger partial charge is 0.461 e. The van der Waals surface area contributed by atoms with Gasteiger partial charge in [-0.15, -0.1) is 0 Å². The monoisotopic (exact) mass is 1000 g/mol. The third-order valence-corrected chi connectivity index (χ3v) is 16.9. The van der Waals surface area contributed by atoms with E-state index in [9.17, 15) is 42.9 Å². The zero-order valence-corrected chi connectivity index (χ0v) is 44.8. The van der Waals surface area contributed by atoms with E-state index in [2.05, 4.69) is 4.72 Å². The minimum atomic E-state index is -3.78. The molecule has 15 atom stereocenters. The second kappa shape index (κ2) is 27.3. The molecule has 16 heteroatoms. The van der Waals surface area contributed by atoms with E-state index < -0.39 is 87.9 Å². The maximum Gasteiger partial charge on any atom is 0.329 e. The first-order valence-electron chi connectivity index (χ1n) is 26.0. The van der Waals surface area contributed by atoms with Gasteiger partial charge < -0.3 is 39.2 Å². The fourth-order valence-electron chi connectivity index (χ4n) is 10.9. The number of hydrogen-bond donors (Lipinski definition) is 4. The van der Waals surface area contributed by atoms with Gasteiger partial charge in [0.25, 0.3) is 11.7 Å². The van der Waals surface area contributed by atoms with Gasteiger partial charge in [-0.25, -0.2) is 17.9 Å². The predicted molar refractivity (Wildman–Crippen MR) is 269 cm³/mol. The van der Waals surface area contributed by atoms with Crippen molar-refractivity contribution in [3.63, 3.8) is 0 Å². The van der Waals surface area contributed by atoms with E-state index in [-0.39, 0.29) is 66.6 Å². The number of nitrogens with one attached hydrogen (secondary N) is 1. The van der Waals surface area contributed by atoms with Crippen LogP contribution in [0.1, 0.15) is 146 Å². The molecule has 1 aliphatic carbocycles. The fourth-order valence-corrected chi connectivity index (χ4v) is 12.6. The van der Waals surface area contributed by atoms with Gasteiger partial charge in [0.1, 0.15) is 24.4 Å². The molecule has 0 aromatic heterocycles. The number of allylic oxidation sites excluding steroid dienone is 6. The smallest absolute Gasteiger partial charge is 0.329 e. The second-order valence-corrected chi connectivity index (χ2v) is 23.6. The van der Waals surface area contributed by atoms with Crippen molar-refractivity contribution in [1.29, 1.82) is 0 Å². The quantitative estimate of drug-likeness (QED) is 0.105. The van der Waals surface area contributed by atoms with Crippen LogP contribution >= 0.6 is 0 Å². The number of fused-ring (bicyclic) bond motifs is 3. The van der Waals surface area contributed by atoms with Crippen LogP contribution < -0.4 is 4.72 Å². The highest BCUT2D eigenvalue weighted by Crippen LogP contribution is 2.38. The number of ketones is 2. The Labute approximate surface area is 419 Å². The van der Waals surface area contributed by atoms with Crippen LogP contribution in [-0.2, 0) is 48.1 Å². The summed E-state index contributed by atoms with van der Waals surface area (Å²) in [7, 11) is -0.760. The molecular weight excluding hydrogens is 917 g/mol. The summed E-state index contributed by atoms with van der Waals surface area (Å²) < 4.78 is 53.4. The topological polar surface area (TPSA) is 215 Å². The molecule has 3 aliphatic heterocycles. The van der Waals surface area contributed by atoms with Gasteiger partial charge in [-0.05, 0) is 132 Å². The summed E-state index contributed by atoms with van der Waals surface area (Å²) in [5.41, 5.74) is 1.24. The number of aliphatic hydroxyl groups is 3. The van der Waals surface area contributed by atoms with E-state index in [1.165, 1.54) is 12.0 Å². The number of esters is 1. The van der Waals surface area contributed by atoms with Gasteiger partial charge >= 0.3 is 5.97 Å². The molecule has 4 N–H and O–H groups in total. The summed E-state index contributed by atoms with van der Waals surface area (Å²) in [5, 5.41) is 34.1. The van der Waals surface area contributed by atoms with Gasteiger partial charge in [0, 0.05) is 38.6 Å². The summed E-state index contributed by atoms with van der Waals surface area (Å²) in [5.74, 6) is -7.13. The summed E-state index contributed by atoms with van der Waals surface area (Å²) >= 11 is 0. The highest BCUT2D eigenvalue weighted by molar-refractivity contribution is 7.89. The molecule has 0 unspecified atom stereocenters. The molecule has 2 saturated heterocycles. The van der Waals surface area contributed by atoms with Gasteiger partial charge in [-0.3, -0.25) is 14.4 Å². The minimum Gasteiger partial charge on any atom is -0.461 e. The third-order valence-electron chi connectivity index (χ3n) is 15.2. The number of sulfonamides is 1. The SMILES string of the molecule is CO[C@@H]1C[C@H](C[C@@H](C)[C@@H]2CC[C@H](C)/C=C(\C)[C@@H](O)[C@@H](OC)C(=O)[C@H](C)C[C@H](C)/C=C/C=C/C=C(\C)[C@H](NS(=O)(=O)CC(C)C)C[C@@H]3CC[C@@H](C)[C@@](O)(O3)C(=O)C(=O)N3CCCC[C@H]3C(=O)O2)CC[C@H]1O. The van der Waals surface area contributed by atoms with Crippen molar-refractivity contribution in [1.82, 2.24) is 9.62 Å². The van der Waals surface area contributed by atoms with Crippen molar-refractivity contribution in [3.8, 4) is 0 Å². The Hall–Kier alpha value is -3.09. The van der Waals surface area contributed by atoms with Crippen molar-refractivity contribution in [2.24, 2.45) is 41.4 Å². The molecule has 3 fully saturated rings. The number of methoxy groups -OCH3 is 2. The molecular formula is C54H88N2O13S. The van der Waals surface area contributed by atoms with Gasteiger partial charge in [-0.2, -0.15) is 0 Å². The predicted octanol–water partition coefficient (Wildman–Crippen LogP) is 6.93. The fraction of sp³-hybridized carbons (Fsp3) is 0.778. The van der Waals surface area contributed by atoms with Gasteiger partial charge in [-0.1, -0.05) is 90.5 Å². The molecule has 0 aromatic carbocycles. The molecule has 4 aliphatic rings. The number of rotatable bonds is 9. The van der Waals surface area contributed by atoms with E-state index >= 15 is 0 Å². The lowest BCUT2D eigenvalue weighted by atomic mass is 9.78. The highest BCUT2D eigenvalue weighted by Gasteiger charge is 2.53. The van der Waals surface area contributed by atoms with Crippen LogP contribution in [0, 0.1) is 41.4 Å². The highest BCUT2D eigenvalue weighted by atomic mass is 32.2. The Morgan fingerprint density at radius 2 is 1.56 bits per heavy atom. The van der Waals surface area contributed by atoms with Crippen molar-refractivity contribution >= 4 is 33.5 Å². The summed E-state index contributed by atoms with van der Waals surface area (Å²) in [6.07, 6.45) is 13.0. The Kier molecular flexibility index (Phi) is 23.2. The lowest BCUT2D eigenvalue weighted by molar-refractivity contribution is -0.264. The molecule has 70 heavy (non-hydrogen) atoms. The molecule has 0 aromatic rings. The number of ether oxygens (including phenoxy) is 4. The Morgan fingerprint density at radius 1 is 0.843 bits per heavy atom.